The third-order valence-electron chi connectivity index (χ3n) is 4.26. The summed E-state index contributed by atoms with van der Waals surface area (Å²) in [5.74, 6) is -1.51. The minimum absolute atomic E-state index is 0.228. The Morgan fingerprint density at radius 3 is 2.77 bits per heavy atom. The van der Waals surface area contributed by atoms with Crippen LogP contribution in [0, 0.1) is 5.82 Å². The Morgan fingerprint density at radius 2 is 2.04 bits per heavy atom. The molecular formula is C17H19FN4O3S. The number of carbonyl (C=O) groups is 2. The maximum absolute atomic E-state index is 12.9. The van der Waals surface area contributed by atoms with E-state index in [2.05, 4.69) is 15.5 Å². The van der Waals surface area contributed by atoms with E-state index in [9.17, 15) is 19.1 Å². The van der Waals surface area contributed by atoms with Crippen LogP contribution in [0.25, 0.3) is 0 Å². The summed E-state index contributed by atoms with van der Waals surface area (Å²) >= 11 is 1.16. The molecule has 0 aliphatic carbocycles. The van der Waals surface area contributed by atoms with Crippen molar-refractivity contribution in [3.05, 3.63) is 45.7 Å². The van der Waals surface area contributed by atoms with Gasteiger partial charge in [0, 0.05) is 6.54 Å². The molecule has 1 atom stereocenters. The highest BCUT2D eigenvalue weighted by Crippen LogP contribution is 2.21. The molecule has 1 aromatic carbocycles. The third-order valence-corrected chi connectivity index (χ3v) is 5.17. The van der Waals surface area contributed by atoms with Gasteiger partial charge in [0.15, 0.2) is 0 Å². The molecule has 2 N–H and O–H groups in total. The summed E-state index contributed by atoms with van der Waals surface area (Å²) in [6.45, 7) is 1.34. The highest BCUT2D eigenvalue weighted by atomic mass is 32.1. The van der Waals surface area contributed by atoms with Crippen molar-refractivity contribution in [2.75, 3.05) is 6.54 Å². The minimum Gasteiger partial charge on any atom is -0.480 e. The van der Waals surface area contributed by atoms with Crippen molar-refractivity contribution in [3.8, 4) is 0 Å². The van der Waals surface area contributed by atoms with Gasteiger partial charge in [-0.2, -0.15) is 0 Å². The van der Waals surface area contributed by atoms with Gasteiger partial charge in [-0.15, -0.1) is 10.2 Å². The third kappa shape index (κ3) is 4.61. The predicted octanol–water partition coefficient (Wildman–Crippen LogP) is 2.05. The molecule has 1 aliphatic rings. The fourth-order valence-corrected chi connectivity index (χ4v) is 3.68. The maximum atomic E-state index is 12.9. The molecule has 2 heterocycles. The lowest BCUT2D eigenvalue weighted by molar-refractivity contribution is -0.144. The van der Waals surface area contributed by atoms with Gasteiger partial charge in [-0.1, -0.05) is 29.9 Å². The van der Waals surface area contributed by atoms with E-state index in [-0.39, 0.29) is 23.3 Å². The molecule has 1 aliphatic heterocycles. The number of carboxylic acid groups (broad SMARTS) is 1. The van der Waals surface area contributed by atoms with E-state index in [1.807, 2.05) is 4.90 Å². The number of carbonyl (C=O) groups excluding carboxylic acids is 1. The minimum atomic E-state index is -0.827. The second kappa shape index (κ2) is 8.33. The molecule has 3 rings (SSSR count). The topological polar surface area (TPSA) is 95.4 Å². The lowest BCUT2D eigenvalue weighted by Gasteiger charge is -2.31. The number of likely N-dealkylation sites (tertiary alicyclic amines) is 1. The smallest absolute Gasteiger partial charge is 0.320 e. The van der Waals surface area contributed by atoms with Crippen molar-refractivity contribution < 1.29 is 19.1 Å². The average Bonchev–Trinajstić information content (AvgIpc) is 3.10. The summed E-state index contributed by atoms with van der Waals surface area (Å²) in [5.41, 5.74) is 0.780. The van der Waals surface area contributed by atoms with Crippen LogP contribution in [-0.4, -0.2) is 44.7 Å². The zero-order valence-corrected chi connectivity index (χ0v) is 14.8. The normalized spacial score (nSPS) is 17.8. The quantitative estimate of drug-likeness (QED) is 0.799. The van der Waals surface area contributed by atoms with Crippen molar-refractivity contribution in [1.82, 2.24) is 20.4 Å². The first-order chi connectivity index (χ1) is 12.5. The van der Waals surface area contributed by atoms with Crippen LogP contribution in [0.4, 0.5) is 4.39 Å². The zero-order valence-electron chi connectivity index (χ0n) is 14.0. The number of carboxylic acids is 1. The average molecular weight is 378 g/mol. The summed E-state index contributed by atoms with van der Waals surface area (Å²) < 4.78 is 12.9. The SMILES string of the molecule is O=C(NCc1ccc(F)cc1)c1nnc(CN2CCCCC2C(=O)O)s1. The second-order valence-corrected chi connectivity index (χ2v) is 7.19. The van der Waals surface area contributed by atoms with Gasteiger partial charge in [-0.25, -0.2) is 4.39 Å². The van der Waals surface area contributed by atoms with Crippen LogP contribution < -0.4 is 5.32 Å². The number of nitrogens with zero attached hydrogens (tertiary/aromatic N) is 3. The fourth-order valence-electron chi connectivity index (χ4n) is 2.90. The number of halogens is 1. The Hall–Kier alpha value is -2.39. The summed E-state index contributed by atoms with van der Waals surface area (Å²) in [6, 6.07) is 5.36. The van der Waals surface area contributed by atoms with Gasteiger partial charge in [0.25, 0.3) is 5.91 Å². The van der Waals surface area contributed by atoms with E-state index in [0.717, 1.165) is 29.7 Å². The molecule has 1 fully saturated rings. The highest BCUT2D eigenvalue weighted by Gasteiger charge is 2.29. The molecule has 26 heavy (non-hydrogen) atoms. The van der Waals surface area contributed by atoms with Gasteiger partial charge < -0.3 is 10.4 Å². The monoisotopic (exact) mass is 378 g/mol. The molecule has 1 amide bonds. The van der Waals surface area contributed by atoms with Crippen LogP contribution in [0.1, 0.15) is 39.6 Å². The molecule has 0 radical (unpaired) electrons. The summed E-state index contributed by atoms with van der Waals surface area (Å²) in [4.78, 5) is 25.4. The molecule has 7 nitrogen and oxygen atoms in total. The van der Waals surface area contributed by atoms with E-state index in [1.165, 1.54) is 12.1 Å². The van der Waals surface area contributed by atoms with E-state index in [1.54, 1.807) is 12.1 Å². The van der Waals surface area contributed by atoms with Crippen LogP contribution >= 0.6 is 11.3 Å². The molecular weight excluding hydrogens is 359 g/mol. The van der Waals surface area contributed by atoms with Crippen molar-refractivity contribution in [2.24, 2.45) is 0 Å². The van der Waals surface area contributed by atoms with Crippen LogP contribution in [0.3, 0.4) is 0 Å². The zero-order chi connectivity index (χ0) is 18.5. The number of amides is 1. The van der Waals surface area contributed by atoms with Crippen molar-refractivity contribution in [3.63, 3.8) is 0 Å². The first-order valence-electron chi connectivity index (χ1n) is 8.35. The van der Waals surface area contributed by atoms with E-state index < -0.39 is 12.0 Å². The summed E-state index contributed by atoms with van der Waals surface area (Å²) in [6.07, 6.45) is 2.48. The Morgan fingerprint density at radius 1 is 1.27 bits per heavy atom. The second-order valence-electron chi connectivity index (χ2n) is 6.13. The molecule has 1 saturated heterocycles. The number of aliphatic carboxylic acids is 1. The van der Waals surface area contributed by atoms with Gasteiger partial charge in [-0.3, -0.25) is 14.5 Å². The van der Waals surface area contributed by atoms with Gasteiger partial charge in [0.05, 0.1) is 6.54 Å². The summed E-state index contributed by atoms with van der Waals surface area (Å²) in [7, 11) is 0. The lowest BCUT2D eigenvalue weighted by Crippen LogP contribution is -2.43. The van der Waals surface area contributed by atoms with Gasteiger partial charge in [0.2, 0.25) is 5.01 Å². The van der Waals surface area contributed by atoms with E-state index >= 15 is 0 Å². The molecule has 9 heteroatoms. The van der Waals surface area contributed by atoms with Crippen LogP contribution in [0.2, 0.25) is 0 Å². The first kappa shape index (κ1) is 18.4. The maximum Gasteiger partial charge on any atom is 0.320 e. The molecule has 0 spiro atoms. The number of piperidine rings is 1. The van der Waals surface area contributed by atoms with Crippen molar-refractivity contribution >= 4 is 23.2 Å². The molecule has 1 unspecified atom stereocenters. The van der Waals surface area contributed by atoms with Crippen LogP contribution in [0.5, 0.6) is 0 Å². The van der Waals surface area contributed by atoms with E-state index in [4.69, 9.17) is 0 Å². The van der Waals surface area contributed by atoms with Crippen LogP contribution in [0.15, 0.2) is 24.3 Å². The first-order valence-corrected chi connectivity index (χ1v) is 9.16. The largest absolute Gasteiger partial charge is 0.480 e. The molecule has 0 bridgehead atoms. The Labute approximate surface area is 153 Å². The molecule has 1 aromatic heterocycles. The number of hydrogen-bond acceptors (Lipinski definition) is 6. The van der Waals surface area contributed by atoms with Crippen LogP contribution in [-0.2, 0) is 17.9 Å². The Kier molecular flexibility index (Phi) is 5.89. The number of hydrogen-bond donors (Lipinski definition) is 2. The number of rotatable bonds is 6. The van der Waals surface area contributed by atoms with Crippen molar-refractivity contribution in [1.29, 1.82) is 0 Å². The Bertz CT molecular complexity index is 781. The highest BCUT2D eigenvalue weighted by molar-refractivity contribution is 7.13. The number of nitrogens with one attached hydrogen (secondary N) is 1. The fraction of sp³-hybridized carbons (Fsp3) is 0.412. The van der Waals surface area contributed by atoms with Crippen molar-refractivity contribution in [2.45, 2.75) is 38.4 Å². The number of aromatic nitrogens is 2. The van der Waals surface area contributed by atoms with Gasteiger partial charge in [0.1, 0.15) is 16.9 Å². The molecule has 0 saturated carbocycles. The lowest BCUT2D eigenvalue weighted by atomic mass is 10.0. The van der Waals surface area contributed by atoms with Gasteiger partial charge in [-0.05, 0) is 37.1 Å². The van der Waals surface area contributed by atoms with Gasteiger partial charge >= 0.3 is 5.97 Å². The number of benzene rings is 1. The molecule has 2 aromatic rings. The molecule has 138 valence electrons. The standard InChI is InChI=1S/C17H19FN4O3S/c18-12-6-4-11(5-7-12)9-19-15(23)16-21-20-14(26-16)10-22-8-2-1-3-13(22)17(24)25/h4-7,13H,1-3,8-10H2,(H,19,23)(H,24,25). The van der Waals surface area contributed by atoms with E-state index in [0.29, 0.717) is 24.5 Å². The predicted molar refractivity (Wildman–Crippen MR) is 93.2 cm³/mol. The Balaban J connectivity index is 1.57. The summed E-state index contributed by atoms with van der Waals surface area (Å²) in [5, 5.41) is 20.8.